The van der Waals surface area contributed by atoms with Gasteiger partial charge in [-0.05, 0) is 48.9 Å². The van der Waals surface area contributed by atoms with E-state index in [4.69, 9.17) is 17.3 Å². The molecule has 1 fully saturated rings. The van der Waals surface area contributed by atoms with E-state index in [0.717, 1.165) is 24.0 Å². The zero-order valence-electron chi connectivity index (χ0n) is 15.2. The van der Waals surface area contributed by atoms with Crippen LogP contribution in [-0.4, -0.2) is 14.5 Å². The minimum absolute atomic E-state index is 0.0679. The van der Waals surface area contributed by atoms with Gasteiger partial charge >= 0.3 is 0 Å². The number of rotatable bonds is 6. The van der Waals surface area contributed by atoms with E-state index in [1.54, 1.807) is 16.7 Å². The van der Waals surface area contributed by atoms with Gasteiger partial charge in [0.15, 0.2) is 11.5 Å². The van der Waals surface area contributed by atoms with E-state index in [1.165, 1.54) is 0 Å². The molecule has 140 valence electrons. The molecule has 1 aromatic carbocycles. The van der Waals surface area contributed by atoms with E-state index >= 15 is 0 Å². The van der Waals surface area contributed by atoms with Crippen molar-refractivity contribution in [3.8, 4) is 0 Å². The van der Waals surface area contributed by atoms with Gasteiger partial charge in [-0.1, -0.05) is 35.9 Å². The van der Waals surface area contributed by atoms with Gasteiger partial charge in [-0.25, -0.2) is 9.97 Å². The second-order valence-corrected chi connectivity index (χ2v) is 7.45. The molecule has 4 rings (SSSR count). The van der Waals surface area contributed by atoms with Crippen LogP contribution in [0.2, 0.25) is 5.15 Å². The molecule has 3 N–H and O–H groups in total. The highest BCUT2D eigenvalue weighted by Crippen LogP contribution is 2.39. The molecule has 7 heteroatoms. The molecule has 1 aliphatic carbocycles. The minimum atomic E-state index is -0.157. The quantitative estimate of drug-likeness (QED) is 0.636. The highest BCUT2D eigenvalue weighted by Gasteiger charge is 2.31. The zero-order valence-corrected chi connectivity index (χ0v) is 15.9. The lowest BCUT2D eigenvalue weighted by atomic mass is 10.1. The predicted molar refractivity (Wildman–Crippen MR) is 108 cm³/mol. The summed E-state index contributed by atoms with van der Waals surface area (Å²) >= 11 is 6.07. The molecule has 1 unspecified atom stereocenters. The lowest BCUT2D eigenvalue weighted by Gasteiger charge is -2.18. The highest BCUT2D eigenvalue weighted by atomic mass is 35.5. The van der Waals surface area contributed by atoms with Gasteiger partial charge < -0.3 is 11.1 Å². The molecular weight excluding hydrogens is 362 g/mol. The Morgan fingerprint density at radius 1 is 1.19 bits per heavy atom. The highest BCUT2D eigenvalue weighted by molar-refractivity contribution is 6.29. The van der Waals surface area contributed by atoms with Crippen molar-refractivity contribution in [2.45, 2.75) is 38.9 Å². The summed E-state index contributed by atoms with van der Waals surface area (Å²) in [5.74, 6) is 0.841. The SMILES string of the molecule is CC(C1CC1)n1c(=O)c(NCc2ccc(CN)cc2)nc2ccc(Cl)nc21. The molecule has 27 heavy (non-hydrogen) atoms. The van der Waals surface area contributed by atoms with Gasteiger partial charge in [0, 0.05) is 19.1 Å². The van der Waals surface area contributed by atoms with Crippen LogP contribution in [0.25, 0.3) is 11.2 Å². The zero-order chi connectivity index (χ0) is 19.0. The van der Waals surface area contributed by atoms with Crippen LogP contribution >= 0.6 is 11.6 Å². The first-order valence-corrected chi connectivity index (χ1v) is 9.55. The smallest absolute Gasteiger partial charge is 0.295 e. The van der Waals surface area contributed by atoms with Crippen molar-refractivity contribution in [2.24, 2.45) is 11.7 Å². The number of benzene rings is 1. The number of fused-ring (bicyclic) bond motifs is 1. The second-order valence-electron chi connectivity index (χ2n) is 7.06. The molecule has 3 aromatic rings. The number of hydrogen-bond donors (Lipinski definition) is 2. The normalized spacial score (nSPS) is 15.1. The number of hydrogen-bond acceptors (Lipinski definition) is 5. The maximum absolute atomic E-state index is 13.1. The fourth-order valence-electron chi connectivity index (χ4n) is 3.32. The first kappa shape index (κ1) is 17.9. The molecule has 0 spiro atoms. The van der Waals surface area contributed by atoms with Crippen molar-refractivity contribution >= 4 is 28.6 Å². The Labute approximate surface area is 162 Å². The molecule has 1 aliphatic rings. The van der Waals surface area contributed by atoms with Gasteiger partial charge in [-0.15, -0.1) is 0 Å². The van der Waals surface area contributed by atoms with Crippen molar-refractivity contribution < 1.29 is 0 Å². The Morgan fingerprint density at radius 2 is 1.89 bits per heavy atom. The first-order valence-electron chi connectivity index (χ1n) is 9.17. The monoisotopic (exact) mass is 383 g/mol. The van der Waals surface area contributed by atoms with Crippen LogP contribution in [0.15, 0.2) is 41.2 Å². The van der Waals surface area contributed by atoms with Crippen LogP contribution in [0, 0.1) is 5.92 Å². The summed E-state index contributed by atoms with van der Waals surface area (Å²) in [5, 5.41) is 3.55. The standard InChI is InChI=1S/C20H22ClN5O/c1-12(15-6-7-15)26-19-16(8-9-17(21)25-19)24-18(20(26)27)23-11-14-4-2-13(10-22)3-5-14/h2-5,8-9,12,15H,6-7,10-11,22H2,1H3,(H,23,24). The summed E-state index contributed by atoms with van der Waals surface area (Å²) < 4.78 is 1.74. The Bertz CT molecular complexity index is 1030. The fraction of sp³-hybridized carbons (Fsp3) is 0.350. The Hall–Kier alpha value is -2.44. The molecule has 0 saturated heterocycles. The molecule has 2 heterocycles. The van der Waals surface area contributed by atoms with Gasteiger partial charge in [-0.2, -0.15) is 0 Å². The average Bonchev–Trinajstić information content (AvgIpc) is 3.52. The third kappa shape index (κ3) is 3.68. The summed E-state index contributed by atoms with van der Waals surface area (Å²) in [6.07, 6.45) is 2.27. The Morgan fingerprint density at radius 3 is 2.56 bits per heavy atom. The molecule has 0 aliphatic heterocycles. The summed E-state index contributed by atoms with van der Waals surface area (Å²) in [6.45, 7) is 3.09. The maximum atomic E-state index is 13.1. The molecular formula is C20H22ClN5O. The van der Waals surface area contributed by atoms with Gasteiger partial charge in [0.2, 0.25) is 0 Å². The molecule has 1 saturated carbocycles. The maximum Gasteiger partial charge on any atom is 0.295 e. The molecule has 2 aromatic heterocycles. The van der Waals surface area contributed by atoms with Crippen LogP contribution in [-0.2, 0) is 13.1 Å². The third-order valence-electron chi connectivity index (χ3n) is 5.13. The summed E-state index contributed by atoms with van der Waals surface area (Å²) in [6, 6.07) is 11.6. The van der Waals surface area contributed by atoms with Crippen molar-refractivity contribution in [1.82, 2.24) is 14.5 Å². The van der Waals surface area contributed by atoms with Gasteiger partial charge in [0.1, 0.15) is 10.7 Å². The third-order valence-corrected chi connectivity index (χ3v) is 5.34. The fourth-order valence-corrected chi connectivity index (χ4v) is 3.47. The number of aromatic nitrogens is 3. The topological polar surface area (TPSA) is 85.8 Å². The van der Waals surface area contributed by atoms with E-state index in [0.29, 0.717) is 41.1 Å². The first-order chi connectivity index (χ1) is 13.1. The van der Waals surface area contributed by atoms with Crippen LogP contribution in [0.1, 0.15) is 36.9 Å². The molecule has 0 radical (unpaired) electrons. The number of nitrogens with zero attached hydrogens (tertiary/aromatic N) is 3. The Kier molecular flexibility index (Phi) is 4.85. The van der Waals surface area contributed by atoms with E-state index in [-0.39, 0.29) is 11.6 Å². The number of nitrogens with two attached hydrogens (primary N) is 1. The van der Waals surface area contributed by atoms with E-state index < -0.39 is 0 Å². The van der Waals surface area contributed by atoms with Crippen molar-refractivity contribution in [1.29, 1.82) is 0 Å². The number of halogens is 1. The van der Waals surface area contributed by atoms with Gasteiger partial charge in [-0.3, -0.25) is 9.36 Å². The number of anilines is 1. The Balaban J connectivity index is 1.70. The van der Waals surface area contributed by atoms with Crippen molar-refractivity contribution in [3.63, 3.8) is 0 Å². The van der Waals surface area contributed by atoms with E-state index in [2.05, 4.69) is 22.2 Å². The van der Waals surface area contributed by atoms with E-state index in [9.17, 15) is 4.79 Å². The summed E-state index contributed by atoms with van der Waals surface area (Å²) in [7, 11) is 0. The van der Waals surface area contributed by atoms with Crippen molar-refractivity contribution in [2.75, 3.05) is 5.32 Å². The van der Waals surface area contributed by atoms with Crippen LogP contribution in [0.4, 0.5) is 5.82 Å². The van der Waals surface area contributed by atoms with Crippen LogP contribution in [0.3, 0.4) is 0 Å². The average molecular weight is 384 g/mol. The lowest BCUT2D eigenvalue weighted by molar-refractivity contribution is 0.483. The van der Waals surface area contributed by atoms with Gasteiger partial charge in [0.25, 0.3) is 5.56 Å². The van der Waals surface area contributed by atoms with Crippen LogP contribution in [0.5, 0.6) is 0 Å². The minimum Gasteiger partial charge on any atom is -0.361 e. The lowest BCUT2D eigenvalue weighted by Crippen LogP contribution is -2.29. The van der Waals surface area contributed by atoms with Crippen molar-refractivity contribution in [3.05, 3.63) is 63.0 Å². The number of nitrogens with one attached hydrogen (secondary N) is 1. The van der Waals surface area contributed by atoms with Crippen LogP contribution < -0.4 is 16.6 Å². The molecule has 1 atom stereocenters. The summed E-state index contributed by atoms with van der Waals surface area (Å²) in [5.41, 5.74) is 8.82. The predicted octanol–water partition coefficient (Wildman–Crippen LogP) is 3.49. The summed E-state index contributed by atoms with van der Waals surface area (Å²) in [4.78, 5) is 22.0. The number of pyridine rings is 1. The molecule has 0 amide bonds. The van der Waals surface area contributed by atoms with Gasteiger partial charge in [0.05, 0.1) is 0 Å². The molecule has 0 bridgehead atoms. The largest absolute Gasteiger partial charge is 0.361 e. The molecule has 6 nitrogen and oxygen atoms in total. The second kappa shape index (κ2) is 7.29. The van der Waals surface area contributed by atoms with E-state index in [1.807, 2.05) is 24.3 Å².